The van der Waals surface area contributed by atoms with Gasteiger partial charge in [0.1, 0.15) is 0 Å². The molecule has 1 aromatic heterocycles. The average molecular weight is 346 g/mol. The van der Waals surface area contributed by atoms with Crippen LogP contribution in [0.4, 0.5) is 0 Å². The number of rotatable bonds is 8. The number of pyridine rings is 1. The Bertz CT molecular complexity index is 642. The Balaban J connectivity index is 1.80. The van der Waals surface area contributed by atoms with Gasteiger partial charge in [-0.25, -0.2) is 4.79 Å². The second-order valence-corrected chi connectivity index (χ2v) is 8.49. The van der Waals surface area contributed by atoms with Crippen molar-refractivity contribution in [3.8, 4) is 0 Å². The van der Waals surface area contributed by atoms with E-state index in [1.54, 1.807) is 6.20 Å². The number of hydrogen-bond donors (Lipinski definition) is 3. The zero-order chi connectivity index (χ0) is 18.2. The smallest absolute Gasteiger partial charge is 0.337 e. The summed E-state index contributed by atoms with van der Waals surface area (Å²) < 4.78 is 0. The van der Waals surface area contributed by atoms with Crippen molar-refractivity contribution in [2.75, 3.05) is 0 Å². The minimum absolute atomic E-state index is 0.0183. The molecule has 4 N–H and O–H groups in total. The van der Waals surface area contributed by atoms with Crippen LogP contribution in [0.25, 0.3) is 0 Å². The number of carboxylic acids is 1. The molecule has 3 atom stereocenters. The summed E-state index contributed by atoms with van der Waals surface area (Å²) in [6, 6.07) is 1.23. The lowest BCUT2D eigenvalue weighted by Crippen LogP contribution is -2.56. The average Bonchev–Trinajstić information content (AvgIpc) is 3.23. The molecule has 2 aliphatic carbocycles. The summed E-state index contributed by atoms with van der Waals surface area (Å²) in [6.45, 7) is 3.95. The van der Waals surface area contributed by atoms with Crippen molar-refractivity contribution in [2.24, 2.45) is 23.5 Å². The molecule has 0 aromatic carbocycles. The number of aliphatic carboxylic acids is 1. The second kappa shape index (κ2) is 7.04. The monoisotopic (exact) mass is 346 g/mol. The van der Waals surface area contributed by atoms with Crippen LogP contribution in [0.1, 0.15) is 56.4 Å². The molecule has 25 heavy (non-hydrogen) atoms. The molecule has 0 amide bonds. The minimum Gasteiger partial charge on any atom is -0.479 e. The molecule has 0 aliphatic heterocycles. The molecule has 0 bridgehead atoms. The van der Waals surface area contributed by atoms with Crippen LogP contribution in [-0.4, -0.2) is 32.8 Å². The van der Waals surface area contributed by atoms with Crippen molar-refractivity contribution in [1.82, 2.24) is 4.98 Å². The maximum absolute atomic E-state index is 11.8. The van der Waals surface area contributed by atoms with Gasteiger partial charge in [-0.3, -0.25) is 4.98 Å². The quantitative estimate of drug-likeness (QED) is 0.671. The Labute approximate surface area is 149 Å². The summed E-state index contributed by atoms with van der Waals surface area (Å²) in [6.07, 6.45) is 8.13. The fourth-order valence-corrected chi connectivity index (χ4v) is 4.16. The van der Waals surface area contributed by atoms with E-state index in [-0.39, 0.29) is 12.3 Å². The Morgan fingerprint density at radius 2 is 2.08 bits per heavy atom. The Kier molecular flexibility index (Phi) is 5.16. The van der Waals surface area contributed by atoms with E-state index in [0.29, 0.717) is 18.0 Å². The number of hydrogen-bond acceptors (Lipinski definition) is 4. The van der Waals surface area contributed by atoms with Gasteiger partial charge in [-0.05, 0) is 60.6 Å². The third-order valence-electron chi connectivity index (χ3n) is 5.75. The van der Waals surface area contributed by atoms with Gasteiger partial charge < -0.3 is 15.9 Å². The van der Waals surface area contributed by atoms with E-state index in [1.807, 2.05) is 19.9 Å². The number of carboxylic acid groups (broad SMARTS) is 1. The molecule has 5 nitrogen and oxygen atoms in total. The third-order valence-corrected chi connectivity index (χ3v) is 5.75. The van der Waals surface area contributed by atoms with Crippen molar-refractivity contribution >= 4 is 5.97 Å². The van der Waals surface area contributed by atoms with Gasteiger partial charge in [0.15, 0.2) is 5.60 Å². The van der Waals surface area contributed by atoms with Crippen molar-refractivity contribution in [1.29, 1.82) is 0 Å². The first-order valence-corrected chi connectivity index (χ1v) is 9.46. The van der Waals surface area contributed by atoms with E-state index >= 15 is 0 Å². The van der Waals surface area contributed by atoms with Crippen LogP contribution in [0.2, 0.25) is 0 Å². The van der Waals surface area contributed by atoms with Crippen molar-refractivity contribution in [3.63, 3.8) is 0 Å². The first kappa shape index (κ1) is 18.3. The summed E-state index contributed by atoms with van der Waals surface area (Å²) >= 11 is 0. The summed E-state index contributed by atoms with van der Waals surface area (Å²) in [5.41, 5.74) is 7.23. The van der Waals surface area contributed by atoms with Crippen LogP contribution in [-0.2, 0) is 24.1 Å². The normalized spacial score (nSPS) is 23.3. The molecule has 0 spiro atoms. The lowest BCUT2D eigenvalue weighted by atomic mass is 9.83. The van der Waals surface area contributed by atoms with Crippen LogP contribution in [0.5, 0.6) is 0 Å². The molecule has 0 saturated heterocycles. The molecule has 5 heteroatoms. The van der Waals surface area contributed by atoms with Crippen LogP contribution in [0, 0.1) is 17.8 Å². The maximum atomic E-state index is 11.8. The topological polar surface area (TPSA) is 96.4 Å². The zero-order valence-corrected chi connectivity index (χ0v) is 15.2. The molecular weight excluding hydrogens is 316 g/mol. The summed E-state index contributed by atoms with van der Waals surface area (Å²) in [5.74, 6) is 0.477. The van der Waals surface area contributed by atoms with Gasteiger partial charge in [-0.1, -0.05) is 26.7 Å². The number of nitrogens with two attached hydrogens (primary N) is 1. The molecule has 2 aliphatic rings. The number of aromatic nitrogens is 1. The number of fused-ring (bicyclic) bond motifs is 1. The number of carbonyl (C=O) groups is 1. The van der Waals surface area contributed by atoms with Gasteiger partial charge in [0, 0.05) is 24.4 Å². The van der Waals surface area contributed by atoms with E-state index in [9.17, 15) is 15.0 Å². The maximum Gasteiger partial charge on any atom is 0.337 e. The van der Waals surface area contributed by atoms with Gasteiger partial charge in [0.2, 0.25) is 0 Å². The van der Waals surface area contributed by atoms with Crippen LogP contribution in [0.15, 0.2) is 12.3 Å². The van der Waals surface area contributed by atoms with E-state index in [1.165, 1.54) is 24.8 Å². The van der Waals surface area contributed by atoms with Gasteiger partial charge in [-0.15, -0.1) is 0 Å². The van der Waals surface area contributed by atoms with Gasteiger partial charge in [0.25, 0.3) is 0 Å². The SMILES string of the molecule is CC(C)CC(N)C(O)(Cc1nccc2c1CC(CC1CC1)C2)C(=O)O. The molecule has 1 heterocycles. The van der Waals surface area contributed by atoms with E-state index in [2.05, 4.69) is 4.98 Å². The fourth-order valence-electron chi connectivity index (χ4n) is 4.16. The van der Waals surface area contributed by atoms with Gasteiger partial charge >= 0.3 is 5.97 Å². The Morgan fingerprint density at radius 1 is 1.36 bits per heavy atom. The minimum atomic E-state index is -1.97. The van der Waals surface area contributed by atoms with E-state index in [0.717, 1.165) is 24.3 Å². The first-order chi connectivity index (χ1) is 11.8. The molecular formula is C20H30N2O3. The second-order valence-electron chi connectivity index (χ2n) is 8.49. The molecule has 1 aromatic rings. The third kappa shape index (κ3) is 4.04. The highest BCUT2D eigenvalue weighted by atomic mass is 16.4. The fraction of sp³-hybridized carbons (Fsp3) is 0.700. The highest BCUT2D eigenvalue weighted by Gasteiger charge is 2.44. The van der Waals surface area contributed by atoms with Crippen LogP contribution >= 0.6 is 0 Å². The molecule has 3 unspecified atom stereocenters. The molecule has 3 rings (SSSR count). The molecule has 138 valence electrons. The summed E-state index contributed by atoms with van der Waals surface area (Å²) in [4.78, 5) is 16.2. The highest BCUT2D eigenvalue weighted by Crippen LogP contribution is 2.41. The number of aliphatic hydroxyl groups is 1. The van der Waals surface area contributed by atoms with Crippen LogP contribution < -0.4 is 5.73 Å². The van der Waals surface area contributed by atoms with Crippen molar-refractivity contribution in [3.05, 3.63) is 29.1 Å². The standard InChI is InChI=1S/C20H30N2O3/c1-12(2)7-18(21)20(25,19(23)24)11-17-16-10-14(8-13-3-4-13)9-15(16)5-6-22-17/h5-6,12-14,18,25H,3-4,7-11,21H2,1-2H3,(H,23,24). The number of nitrogens with zero attached hydrogens (tertiary/aromatic N) is 1. The molecule has 1 saturated carbocycles. The lowest BCUT2D eigenvalue weighted by Gasteiger charge is -2.31. The highest BCUT2D eigenvalue weighted by molar-refractivity contribution is 5.78. The molecule has 1 fully saturated rings. The van der Waals surface area contributed by atoms with Gasteiger partial charge in [-0.2, -0.15) is 0 Å². The van der Waals surface area contributed by atoms with E-state index < -0.39 is 17.6 Å². The summed E-state index contributed by atoms with van der Waals surface area (Å²) in [7, 11) is 0. The largest absolute Gasteiger partial charge is 0.479 e. The van der Waals surface area contributed by atoms with E-state index in [4.69, 9.17) is 5.73 Å². The first-order valence-electron chi connectivity index (χ1n) is 9.46. The zero-order valence-electron chi connectivity index (χ0n) is 15.2. The van der Waals surface area contributed by atoms with Gasteiger partial charge in [0.05, 0.1) is 0 Å². The predicted octanol–water partition coefficient (Wildman–Crippen LogP) is 2.33. The Morgan fingerprint density at radius 3 is 2.68 bits per heavy atom. The van der Waals surface area contributed by atoms with Crippen molar-refractivity contribution < 1.29 is 15.0 Å². The lowest BCUT2D eigenvalue weighted by molar-refractivity contribution is -0.161. The van der Waals surface area contributed by atoms with Crippen molar-refractivity contribution in [2.45, 2.75) is 70.4 Å². The summed E-state index contributed by atoms with van der Waals surface area (Å²) in [5, 5.41) is 20.5. The molecule has 0 radical (unpaired) electrons. The van der Waals surface area contributed by atoms with Crippen LogP contribution in [0.3, 0.4) is 0 Å². The predicted molar refractivity (Wildman–Crippen MR) is 96.2 cm³/mol. The Hall–Kier alpha value is -1.46.